The second-order valence-electron chi connectivity index (χ2n) is 5.73. The van der Waals surface area contributed by atoms with E-state index in [1.54, 1.807) is 13.1 Å². The molecule has 0 spiro atoms. The molecule has 1 amide bonds. The van der Waals surface area contributed by atoms with Crippen LogP contribution < -0.4 is 9.64 Å². The first-order chi connectivity index (χ1) is 13.1. The molecule has 0 aliphatic rings. The number of oxime groups is 1. The van der Waals surface area contributed by atoms with Crippen molar-refractivity contribution < 1.29 is 19.1 Å². The zero-order chi connectivity index (χ0) is 19.6. The fourth-order valence-electron chi connectivity index (χ4n) is 2.39. The number of nitrogens with zero attached hydrogens (tertiary/aromatic N) is 2. The average Bonchev–Trinajstić information content (AvgIpc) is 2.71. The van der Waals surface area contributed by atoms with Crippen LogP contribution in [0.25, 0.3) is 0 Å². The highest BCUT2D eigenvalue weighted by Gasteiger charge is 2.14. The monoisotopic (exact) mass is 368 g/mol. The molecule has 0 saturated heterocycles. The first-order valence-corrected chi connectivity index (χ1v) is 8.47. The van der Waals surface area contributed by atoms with Crippen LogP contribution in [0.5, 0.6) is 5.75 Å². The van der Waals surface area contributed by atoms with Crippen LogP contribution >= 0.6 is 0 Å². The Kier molecular flexibility index (Phi) is 7.43. The van der Waals surface area contributed by atoms with Crippen LogP contribution in [0.4, 0.5) is 10.5 Å². The van der Waals surface area contributed by atoms with Gasteiger partial charge in [-0.25, -0.2) is 4.79 Å². The number of amides is 1. The van der Waals surface area contributed by atoms with E-state index in [2.05, 4.69) is 11.7 Å². The predicted octanol–water partition coefficient (Wildman–Crippen LogP) is 4.39. The van der Waals surface area contributed by atoms with Gasteiger partial charge in [-0.05, 0) is 42.8 Å². The first-order valence-electron chi connectivity index (χ1n) is 8.47. The van der Waals surface area contributed by atoms with E-state index in [9.17, 15) is 4.79 Å². The van der Waals surface area contributed by atoms with E-state index in [1.165, 1.54) is 12.0 Å². The minimum Gasteiger partial charge on any atom is -0.489 e. The highest BCUT2D eigenvalue weighted by atomic mass is 16.6. The van der Waals surface area contributed by atoms with Crippen LogP contribution in [-0.2, 0) is 16.2 Å². The summed E-state index contributed by atoms with van der Waals surface area (Å²) in [6, 6.07) is 15.1. The molecule has 0 bridgehead atoms. The van der Waals surface area contributed by atoms with Gasteiger partial charge in [0.25, 0.3) is 0 Å². The Morgan fingerprint density at radius 3 is 2.56 bits per heavy atom. The Morgan fingerprint density at radius 1 is 1.19 bits per heavy atom. The van der Waals surface area contributed by atoms with Crippen molar-refractivity contribution in [2.24, 2.45) is 5.16 Å². The topological polar surface area (TPSA) is 60.4 Å². The van der Waals surface area contributed by atoms with Gasteiger partial charge in [0, 0.05) is 12.6 Å². The maximum atomic E-state index is 11.8. The van der Waals surface area contributed by atoms with Crippen LogP contribution in [0.15, 0.2) is 66.3 Å². The summed E-state index contributed by atoms with van der Waals surface area (Å²) in [6.45, 7) is 6.15. The Labute approximate surface area is 159 Å². The smallest absolute Gasteiger partial charge is 0.413 e. The largest absolute Gasteiger partial charge is 0.489 e. The van der Waals surface area contributed by atoms with Gasteiger partial charge in [0.05, 0.1) is 18.5 Å². The minimum atomic E-state index is -0.430. The van der Waals surface area contributed by atoms with Gasteiger partial charge in [-0.15, -0.1) is 0 Å². The van der Waals surface area contributed by atoms with Gasteiger partial charge in [-0.1, -0.05) is 36.0 Å². The summed E-state index contributed by atoms with van der Waals surface area (Å²) in [7, 11) is 3.02. The van der Waals surface area contributed by atoms with Gasteiger partial charge in [-0.2, -0.15) is 0 Å². The summed E-state index contributed by atoms with van der Waals surface area (Å²) in [6.07, 6.45) is 1.21. The fraction of sp³-hybridized carbons (Fsp3) is 0.238. The average molecular weight is 368 g/mol. The Hall–Kier alpha value is -3.28. The van der Waals surface area contributed by atoms with E-state index >= 15 is 0 Å². The molecular formula is C21H24N2O4. The third-order valence-electron chi connectivity index (χ3n) is 3.86. The van der Waals surface area contributed by atoms with E-state index in [4.69, 9.17) is 14.3 Å². The zero-order valence-corrected chi connectivity index (χ0v) is 15.8. The van der Waals surface area contributed by atoms with Gasteiger partial charge in [0.15, 0.2) is 0 Å². The molecule has 0 aliphatic heterocycles. The van der Waals surface area contributed by atoms with Crippen LogP contribution in [0.1, 0.15) is 18.1 Å². The molecule has 0 aromatic heterocycles. The molecule has 0 aliphatic carbocycles. The quantitative estimate of drug-likeness (QED) is 0.300. The summed E-state index contributed by atoms with van der Waals surface area (Å²) >= 11 is 0. The van der Waals surface area contributed by atoms with E-state index in [-0.39, 0.29) is 0 Å². The predicted molar refractivity (Wildman–Crippen MR) is 106 cm³/mol. The molecule has 2 aromatic carbocycles. The summed E-state index contributed by atoms with van der Waals surface area (Å²) < 4.78 is 10.6. The second-order valence-corrected chi connectivity index (χ2v) is 5.73. The van der Waals surface area contributed by atoms with Gasteiger partial charge in [0.1, 0.15) is 19.0 Å². The van der Waals surface area contributed by atoms with Crippen LogP contribution in [0, 0.1) is 0 Å². The zero-order valence-electron chi connectivity index (χ0n) is 15.8. The number of carbonyl (C=O) groups is 1. The number of benzene rings is 2. The minimum absolute atomic E-state index is 0.326. The molecule has 0 N–H and O–H groups in total. The molecule has 0 unspecified atom stereocenters. The number of anilines is 1. The summed E-state index contributed by atoms with van der Waals surface area (Å²) in [5, 5.41) is 4.02. The molecule has 0 atom stereocenters. The summed E-state index contributed by atoms with van der Waals surface area (Å²) in [5.74, 6) is 0.717. The third-order valence-corrected chi connectivity index (χ3v) is 3.86. The molecule has 6 nitrogen and oxygen atoms in total. The van der Waals surface area contributed by atoms with Gasteiger partial charge < -0.3 is 14.3 Å². The molecule has 0 saturated carbocycles. The van der Waals surface area contributed by atoms with Crippen molar-refractivity contribution >= 4 is 17.5 Å². The molecule has 2 rings (SSSR count). The number of hydrogen-bond donors (Lipinski definition) is 0. The van der Waals surface area contributed by atoms with Crippen molar-refractivity contribution in [1.82, 2.24) is 0 Å². The molecule has 6 heteroatoms. The van der Waals surface area contributed by atoms with Crippen LogP contribution in [0.3, 0.4) is 0 Å². The lowest BCUT2D eigenvalue weighted by Crippen LogP contribution is -2.27. The Balaban J connectivity index is 2.04. The molecule has 0 fully saturated rings. The highest BCUT2D eigenvalue weighted by molar-refractivity contribution is 5.98. The van der Waals surface area contributed by atoms with Crippen molar-refractivity contribution in [1.29, 1.82) is 0 Å². The van der Waals surface area contributed by atoms with E-state index < -0.39 is 6.09 Å². The standard InChI is InChI=1S/C21H24N2O4/c1-5-14-27-22-16(2)17-10-12-19(13-11-17)26-15-18-8-6-7-9-20(18)23(3)21(24)25-4/h5-13H,1,14-15H2,2-4H3. The molecule has 27 heavy (non-hydrogen) atoms. The third kappa shape index (κ3) is 5.60. The summed E-state index contributed by atoms with van der Waals surface area (Å²) in [4.78, 5) is 18.3. The van der Waals surface area contributed by atoms with Crippen molar-refractivity contribution in [2.45, 2.75) is 13.5 Å². The number of hydrogen-bond acceptors (Lipinski definition) is 5. The lowest BCUT2D eigenvalue weighted by atomic mass is 10.1. The van der Waals surface area contributed by atoms with Gasteiger partial charge in [0.2, 0.25) is 0 Å². The normalized spacial score (nSPS) is 10.9. The molecular weight excluding hydrogens is 344 g/mol. The lowest BCUT2D eigenvalue weighted by molar-refractivity contribution is 0.175. The van der Waals surface area contributed by atoms with Crippen LogP contribution in [0.2, 0.25) is 0 Å². The maximum absolute atomic E-state index is 11.8. The lowest BCUT2D eigenvalue weighted by Gasteiger charge is -2.19. The maximum Gasteiger partial charge on any atom is 0.413 e. The van der Waals surface area contributed by atoms with Gasteiger partial charge >= 0.3 is 6.09 Å². The number of carbonyl (C=O) groups excluding carboxylic acids is 1. The highest BCUT2D eigenvalue weighted by Crippen LogP contribution is 2.22. The van der Waals surface area contributed by atoms with E-state index in [1.807, 2.05) is 55.5 Å². The number of rotatable bonds is 8. The van der Waals surface area contributed by atoms with Crippen molar-refractivity contribution in [2.75, 3.05) is 25.7 Å². The number of para-hydroxylation sites is 1. The molecule has 0 heterocycles. The fourth-order valence-corrected chi connectivity index (χ4v) is 2.39. The number of methoxy groups -OCH3 is 1. The first kappa shape index (κ1) is 20.0. The van der Waals surface area contributed by atoms with Gasteiger partial charge in [-0.3, -0.25) is 4.90 Å². The van der Waals surface area contributed by atoms with E-state index in [0.29, 0.717) is 19.0 Å². The van der Waals surface area contributed by atoms with Crippen LogP contribution in [-0.4, -0.2) is 32.6 Å². The number of ether oxygens (including phenoxy) is 2. The van der Waals surface area contributed by atoms with Crippen molar-refractivity contribution in [3.8, 4) is 5.75 Å². The molecule has 0 radical (unpaired) electrons. The Morgan fingerprint density at radius 2 is 1.89 bits per heavy atom. The van der Waals surface area contributed by atoms with E-state index in [0.717, 1.165) is 22.5 Å². The SMILES string of the molecule is C=CCON=C(C)c1ccc(OCc2ccccc2N(C)C(=O)OC)cc1. The molecule has 2 aromatic rings. The second kappa shape index (κ2) is 10.0. The Bertz CT molecular complexity index is 800. The van der Waals surface area contributed by atoms with Crippen molar-refractivity contribution in [3.63, 3.8) is 0 Å². The summed E-state index contributed by atoms with van der Waals surface area (Å²) in [5.41, 5.74) is 3.33. The van der Waals surface area contributed by atoms with Crippen molar-refractivity contribution in [3.05, 3.63) is 72.3 Å². The molecule has 142 valence electrons.